The van der Waals surface area contributed by atoms with Gasteiger partial charge in [0, 0.05) is 188 Å². The molecule has 8 aromatic rings. The molecule has 42 N–H and O–H groups in total. The molecule has 2 aromatic heterocycles. The average Bonchev–Trinajstić information content (AvgIpc) is 0.952. The van der Waals surface area contributed by atoms with Crippen LogP contribution >= 0.6 is 65.9 Å². The highest BCUT2D eigenvalue weighted by Gasteiger charge is 2.12. The van der Waals surface area contributed by atoms with E-state index >= 15 is 0 Å². The third kappa shape index (κ3) is 81.8. The number of nitrogen functional groups attached to an aromatic ring is 2. The molecule has 0 bridgehead atoms. The lowest BCUT2D eigenvalue weighted by Crippen LogP contribution is -2.34. The van der Waals surface area contributed by atoms with Crippen LogP contribution in [0, 0.1) is 0 Å². The zero-order valence-electron chi connectivity index (χ0n) is 66.5. The van der Waals surface area contributed by atoms with E-state index < -0.39 is 0 Å². The van der Waals surface area contributed by atoms with Crippen LogP contribution in [0.5, 0.6) is 0 Å². The number of para-hydroxylation sites is 2. The highest BCUT2D eigenvalue weighted by molar-refractivity contribution is 7.81. The maximum atomic E-state index is 5.64. The first kappa shape index (κ1) is 114. The minimum Gasteiger partial charge on any atom is -0.399 e. The summed E-state index contributed by atoms with van der Waals surface area (Å²) in [6.45, 7) is 21.9. The van der Waals surface area contributed by atoms with Crippen molar-refractivity contribution in [1.29, 1.82) is 0 Å². The highest BCUT2D eigenvalue weighted by Crippen LogP contribution is 2.35. The number of pyridine rings is 1. The molecule has 112 heavy (non-hydrogen) atoms. The van der Waals surface area contributed by atoms with E-state index in [9.17, 15) is 0 Å². The molecule has 2 heterocycles. The van der Waals surface area contributed by atoms with Crippen LogP contribution in [0.15, 0.2) is 236 Å². The van der Waals surface area contributed by atoms with Crippen molar-refractivity contribution < 1.29 is 0 Å². The molecule has 632 valence electrons. The van der Waals surface area contributed by atoms with Crippen molar-refractivity contribution in [3.63, 3.8) is 0 Å². The number of imidazole rings is 1. The lowest BCUT2D eigenvalue weighted by Gasteiger charge is -2.18. The summed E-state index contributed by atoms with van der Waals surface area (Å²) in [5, 5.41) is 20.1. The summed E-state index contributed by atoms with van der Waals surface area (Å²) in [7, 11) is -0.264. The van der Waals surface area contributed by atoms with E-state index in [1.807, 2.05) is 102 Å². The van der Waals surface area contributed by atoms with Crippen LogP contribution in [0.1, 0.15) is 31.2 Å². The molecule has 0 aliphatic carbocycles. The number of hydrogen-bond acceptors (Lipinski definition) is 28. The van der Waals surface area contributed by atoms with Crippen molar-refractivity contribution in [2.45, 2.75) is 48.6 Å². The lowest BCUT2D eigenvalue weighted by molar-refractivity contribution is 0.618. The van der Waals surface area contributed by atoms with Crippen LogP contribution < -0.4 is 151 Å². The van der Waals surface area contributed by atoms with E-state index in [1.165, 1.54) is 34.4 Å². The zero-order chi connectivity index (χ0) is 84.2. The van der Waals surface area contributed by atoms with Gasteiger partial charge in [-0.2, -0.15) is 12.6 Å². The monoisotopic (exact) mass is 1660 g/mol. The summed E-state index contributed by atoms with van der Waals surface area (Å²) in [5.41, 5.74) is 95.0. The van der Waals surface area contributed by atoms with Crippen molar-refractivity contribution >= 4 is 104 Å². The first-order chi connectivity index (χ1) is 54.6. The van der Waals surface area contributed by atoms with Gasteiger partial charge in [-0.3, -0.25) is 4.98 Å². The van der Waals surface area contributed by atoms with Gasteiger partial charge in [-0.1, -0.05) is 135 Å². The smallest absolute Gasteiger partial charge is 0.185 e. The second-order valence-electron chi connectivity index (χ2n) is 22.5. The minimum absolute atomic E-state index is 0.0275. The summed E-state index contributed by atoms with van der Waals surface area (Å²) in [6, 6.07) is 60.6. The van der Waals surface area contributed by atoms with Gasteiger partial charge in [0.05, 0.1) is 6.33 Å². The van der Waals surface area contributed by atoms with Crippen LogP contribution in [0.3, 0.4) is 0 Å². The number of benzene rings is 6. The second kappa shape index (κ2) is 95.4. The van der Waals surface area contributed by atoms with Crippen LogP contribution in [-0.4, -0.2) is 188 Å². The number of thiol groups is 3. The Balaban J connectivity index is -0.000000377. The number of hydrazine groups is 1. The molecule has 0 atom stereocenters. The van der Waals surface area contributed by atoms with Crippen LogP contribution in [0.25, 0.3) is 0 Å². The van der Waals surface area contributed by atoms with Gasteiger partial charge in [0.1, 0.15) is 0 Å². The highest BCUT2D eigenvalue weighted by atomic mass is 32.1. The van der Waals surface area contributed by atoms with Gasteiger partial charge in [-0.25, -0.2) is 10.8 Å². The maximum Gasteiger partial charge on any atom is 0.185 e. The molecule has 6 aromatic carbocycles. The molecule has 0 unspecified atom stereocenters. The quantitative estimate of drug-likeness (QED) is 0.00397. The Morgan fingerprint density at radius 1 is 0.438 bits per heavy atom. The average molecular weight is 1670 g/mol. The summed E-state index contributed by atoms with van der Waals surface area (Å²) in [4.78, 5) is 9.52. The zero-order valence-corrected chi connectivity index (χ0v) is 71.8. The Morgan fingerprint density at radius 3 is 1.13 bits per heavy atom. The van der Waals surface area contributed by atoms with Gasteiger partial charge in [0.2, 0.25) is 0 Å². The standard InChI is InChI=1S/C15H18NP.C12H21N2P.C7H9N3S.C6H18N4.C6H11N3.C6H8N2.2C6H7NS.2C4H13N3.C3H7N.C2H8N2.C2H7NS/c16-12-7-13-17(14-8-3-1-4-9-14)15-10-5-2-6-11-15;13-8-4-10-15(11-5-9-14)12-6-2-1-3-7-12;8-10-7(11)9-6-4-2-1-3-5-6;7-1-3-9-5-6-10-4-2-8;7-2-1-4-9-5-3-8-6-9;7-5-6-1-3-8-4-2-6;7-5-1-3-6(8)4-2-5;7-5-3-1-2-4-6(5)8;2*5-1-3-7-4-2-6;1-2-3-4;2*3-1-2-4/h1-6,8-11H,7,12-13,16H2;1-3,6-7H,4-5,8-11,13-14H2;1-5H,8H2,(H2,9,10,11);9-10H,1-8H2;3,5-6H,1-2,4,7H2;1-4H,5,7H2;2*1-4,8H,7H2;2*7H,1-6H2;2H,1,3-4H2;1-4H2;4H,1-3H2. The Kier molecular flexibility index (Phi) is 97.4. The van der Waals surface area contributed by atoms with Crippen LogP contribution in [0.2, 0.25) is 0 Å². The first-order valence-corrected chi connectivity index (χ1v) is 42.7. The molecular formula is C79H147N27P2S4. The van der Waals surface area contributed by atoms with E-state index in [-0.39, 0.29) is 15.8 Å². The van der Waals surface area contributed by atoms with Crippen molar-refractivity contribution in [2.24, 2.45) is 91.8 Å². The fourth-order valence-corrected chi connectivity index (χ4v) is 12.9. The number of aryl methyl sites for hydroxylation is 1. The number of anilines is 3. The topological polar surface area (TPSA) is 571 Å². The molecule has 0 amide bonds. The van der Waals surface area contributed by atoms with E-state index in [0.29, 0.717) is 77.1 Å². The fourth-order valence-electron chi connectivity index (χ4n) is 7.60. The van der Waals surface area contributed by atoms with Crippen LogP contribution in [0.4, 0.5) is 17.1 Å². The van der Waals surface area contributed by atoms with Gasteiger partial charge in [0.25, 0.3) is 0 Å². The molecule has 27 nitrogen and oxygen atoms in total. The third-order valence-corrected chi connectivity index (χ3v) is 19.7. The molecule has 0 aliphatic heterocycles. The molecule has 0 radical (unpaired) electrons. The first-order valence-electron chi connectivity index (χ1n) is 37.6. The molecule has 0 saturated heterocycles. The molecule has 0 fully saturated rings. The van der Waals surface area contributed by atoms with E-state index in [2.05, 4.69) is 177 Å². The lowest BCUT2D eigenvalue weighted by atomic mass is 10.3. The van der Waals surface area contributed by atoms with Gasteiger partial charge in [0.15, 0.2) is 5.11 Å². The van der Waals surface area contributed by atoms with Crippen molar-refractivity contribution in [3.05, 3.63) is 231 Å². The third-order valence-electron chi connectivity index (χ3n) is 13.1. The summed E-state index contributed by atoms with van der Waals surface area (Å²) < 4.78 is 2.02. The normalized spacial score (nSPS) is 9.54. The minimum atomic E-state index is -0.237. The van der Waals surface area contributed by atoms with Gasteiger partial charge < -0.3 is 134 Å². The molecule has 0 spiro atoms. The van der Waals surface area contributed by atoms with Crippen LogP contribution in [-0.2, 0) is 13.1 Å². The van der Waals surface area contributed by atoms with Gasteiger partial charge in [-0.05, 0) is 173 Å². The molecule has 0 saturated carbocycles. The number of hydrogen-bond donors (Lipinski definition) is 27. The molecular weight excluding hydrogens is 1520 g/mol. The number of thiocarbonyl (C=S) groups is 1. The molecule has 0 aliphatic rings. The number of nitrogens with one attached hydrogen (secondary N) is 6. The Morgan fingerprint density at radius 2 is 0.821 bits per heavy atom. The van der Waals surface area contributed by atoms with Crippen molar-refractivity contribution in [2.75, 3.05) is 185 Å². The number of rotatable bonds is 35. The Labute approximate surface area is 697 Å². The SMILES string of the molecule is C=CCN.NCCCP(CCCN)c1ccccc1.NCCCP(c1ccccc1)c1ccccc1.NCCCn1ccnc1.NCCN.NCCNCCN.NCCNCCN.NCCNCCNCCN.NCCS.NCc1ccncc1.NNC(=S)Nc1ccccc1.Nc1ccc(S)cc1.Nc1ccccc1S. The Bertz CT molecular complexity index is 2950. The fraction of sp³-hybridized carbons (Fsp3) is 0.405. The largest absolute Gasteiger partial charge is 0.399 e. The summed E-state index contributed by atoms with van der Waals surface area (Å²) in [6.07, 6.45) is 18.7. The number of nitrogens with zero attached hydrogens (tertiary/aromatic N) is 3. The van der Waals surface area contributed by atoms with Gasteiger partial charge >= 0.3 is 0 Å². The predicted molar refractivity (Wildman–Crippen MR) is 508 cm³/mol. The predicted octanol–water partition coefficient (Wildman–Crippen LogP) is 2.67. The second-order valence-corrected chi connectivity index (χ2v) is 29.2. The van der Waals surface area contributed by atoms with Gasteiger partial charge in [-0.15, -0.1) is 31.8 Å². The Hall–Kier alpha value is -6.18. The number of nitrogens with two attached hydrogens (primary N) is 18. The number of aromatic nitrogens is 3. The maximum absolute atomic E-state index is 5.64. The van der Waals surface area contributed by atoms with E-state index in [4.69, 9.17) is 116 Å². The van der Waals surface area contributed by atoms with E-state index in [1.54, 1.807) is 31.0 Å². The van der Waals surface area contributed by atoms with Crippen molar-refractivity contribution in [1.82, 2.24) is 41.2 Å². The molecule has 33 heteroatoms. The summed E-state index contributed by atoms with van der Waals surface area (Å²) in [5.74, 6) is 5.86. The summed E-state index contributed by atoms with van der Waals surface area (Å²) >= 11 is 16.7. The van der Waals surface area contributed by atoms with Crippen molar-refractivity contribution in [3.8, 4) is 0 Å². The molecule has 8 rings (SSSR count). The van der Waals surface area contributed by atoms with E-state index in [0.717, 1.165) is 149 Å².